The van der Waals surface area contributed by atoms with Crippen LogP contribution in [-0.2, 0) is 23.8 Å². The van der Waals surface area contributed by atoms with Gasteiger partial charge < -0.3 is 14.2 Å². The Morgan fingerprint density at radius 1 is 1.07 bits per heavy atom. The van der Waals surface area contributed by atoms with Gasteiger partial charge in [-0.3, -0.25) is 0 Å². The molecule has 0 aromatic heterocycles. The van der Waals surface area contributed by atoms with E-state index in [1.165, 1.54) is 12.8 Å². The molecule has 158 valence electrons. The molecule has 0 N–H and O–H groups in total. The average molecular weight is 393 g/mol. The van der Waals surface area contributed by atoms with Gasteiger partial charge in [0.2, 0.25) is 0 Å². The minimum atomic E-state index is -0.328. The molecule has 0 spiro atoms. The second-order valence-electron chi connectivity index (χ2n) is 9.30. The Labute approximate surface area is 169 Å². The van der Waals surface area contributed by atoms with E-state index in [4.69, 9.17) is 14.2 Å². The summed E-state index contributed by atoms with van der Waals surface area (Å²) in [6.07, 6.45) is 5.74. The van der Waals surface area contributed by atoms with Crippen molar-refractivity contribution in [1.29, 1.82) is 0 Å². The van der Waals surface area contributed by atoms with Crippen molar-refractivity contribution in [2.75, 3.05) is 13.2 Å². The van der Waals surface area contributed by atoms with Gasteiger partial charge >= 0.3 is 11.9 Å². The van der Waals surface area contributed by atoms with Crippen molar-refractivity contribution in [2.24, 2.45) is 16.7 Å². The van der Waals surface area contributed by atoms with Gasteiger partial charge in [0.1, 0.15) is 12.7 Å². The van der Waals surface area contributed by atoms with Crippen molar-refractivity contribution in [3.8, 4) is 0 Å². The Morgan fingerprint density at radius 2 is 1.71 bits per heavy atom. The van der Waals surface area contributed by atoms with E-state index < -0.39 is 0 Å². The molecule has 3 fully saturated rings. The van der Waals surface area contributed by atoms with E-state index in [9.17, 15) is 9.59 Å². The number of fused-ring (bicyclic) bond motifs is 2. The second kappa shape index (κ2) is 8.81. The first-order valence-electron chi connectivity index (χ1n) is 10.3. The van der Waals surface area contributed by atoms with Crippen LogP contribution in [-0.4, -0.2) is 37.4 Å². The van der Waals surface area contributed by atoms with Crippen molar-refractivity contribution < 1.29 is 23.8 Å². The van der Waals surface area contributed by atoms with Gasteiger partial charge in [-0.15, -0.1) is 0 Å². The van der Waals surface area contributed by atoms with Crippen LogP contribution < -0.4 is 0 Å². The Bertz CT molecular complexity index is 629. The Kier molecular flexibility index (Phi) is 7.13. The topological polar surface area (TPSA) is 61.8 Å². The lowest BCUT2D eigenvalue weighted by Gasteiger charge is -2.38. The summed E-state index contributed by atoms with van der Waals surface area (Å²) in [7, 11) is 0. The quantitative estimate of drug-likeness (QED) is 0.505. The molecule has 3 rings (SSSR count). The lowest BCUT2D eigenvalue weighted by atomic mass is 9.70. The molecule has 5 nitrogen and oxygen atoms in total. The van der Waals surface area contributed by atoms with Crippen LogP contribution in [0.15, 0.2) is 24.3 Å². The molecule has 4 atom stereocenters. The lowest BCUT2D eigenvalue weighted by molar-refractivity contribution is -0.152. The molecule has 0 radical (unpaired) electrons. The van der Waals surface area contributed by atoms with Crippen LogP contribution in [0.3, 0.4) is 0 Å². The van der Waals surface area contributed by atoms with Crippen LogP contribution in [0.4, 0.5) is 0 Å². The van der Waals surface area contributed by atoms with Crippen molar-refractivity contribution in [3.05, 3.63) is 24.3 Å². The number of carbonyl (C=O) groups excluding carboxylic acids is 2. The van der Waals surface area contributed by atoms with Crippen molar-refractivity contribution >= 4 is 11.9 Å². The Balaban J connectivity index is 0.000000209. The fourth-order valence-electron chi connectivity index (χ4n) is 4.61. The standard InChI is InChI=1S/C14H22O2.C9H14O3/c1-9(2)12(15)16-11-8-10-6-7-14(11,5)13(10,3)4;1-7(2)9(10)12-6-8-4-3-5-11-8/h10-11H,1,6-8H2,2-5H3;8H,1,3-6H2,2H3. The minimum Gasteiger partial charge on any atom is -0.460 e. The van der Waals surface area contributed by atoms with E-state index >= 15 is 0 Å². The predicted molar refractivity (Wildman–Crippen MR) is 109 cm³/mol. The average Bonchev–Trinajstić information content (AvgIpc) is 3.26. The van der Waals surface area contributed by atoms with Crippen LogP contribution in [0.25, 0.3) is 0 Å². The zero-order chi connectivity index (χ0) is 21.1. The molecule has 1 heterocycles. The molecule has 2 aliphatic carbocycles. The van der Waals surface area contributed by atoms with Crippen LogP contribution in [0, 0.1) is 16.7 Å². The summed E-state index contributed by atoms with van der Waals surface area (Å²) in [6, 6.07) is 0. The van der Waals surface area contributed by atoms with Gasteiger partial charge in [0.05, 0.1) is 6.10 Å². The first kappa shape index (κ1) is 22.7. The second-order valence-corrected chi connectivity index (χ2v) is 9.30. The third-order valence-corrected chi connectivity index (χ3v) is 7.08. The number of hydrogen-bond acceptors (Lipinski definition) is 5. The van der Waals surface area contributed by atoms with E-state index in [0.29, 0.717) is 29.1 Å². The maximum atomic E-state index is 11.6. The largest absolute Gasteiger partial charge is 0.460 e. The van der Waals surface area contributed by atoms with Gasteiger partial charge in [-0.05, 0) is 57.3 Å². The third-order valence-electron chi connectivity index (χ3n) is 7.08. The van der Waals surface area contributed by atoms with Crippen molar-refractivity contribution in [3.63, 3.8) is 0 Å². The van der Waals surface area contributed by atoms with Crippen molar-refractivity contribution in [2.45, 2.75) is 78.9 Å². The molecule has 28 heavy (non-hydrogen) atoms. The van der Waals surface area contributed by atoms with E-state index in [-0.39, 0.29) is 29.6 Å². The van der Waals surface area contributed by atoms with Crippen LogP contribution in [0.5, 0.6) is 0 Å². The highest BCUT2D eigenvalue weighted by atomic mass is 16.6. The van der Waals surface area contributed by atoms with Crippen LogP contribution >= 0.6 is 0 Å². The molecular weight excluding hydrogens is 356 g/mol. The summed E-state index contributed by atoms with van der Waals surface area (Å²) in [5.41, 5.74) is 1.40. The summed E-state index contributed by atoms with van der Waals surface area (Å²) in [5.74, 6) is 0.153. The summed E-state index contributed by atoms with van der Waals surface area (Å²) < 4.78 is 15.8. The number of esters is 2. The molecule has 0 aromatic rings. The van der Waals surface area contributed by atoms with E-state index in [1.807, 2.05) is 0 Å². The highest BCUT2D eigenvalue weighted by Gasteiger charge is 2.62. The predicted octanol–water partition coefficient (Wildman–Crippen LogP) is 4.61. The van der Waals surface area contributed by atoms with Gasteiger partial charge in [-0.25, -0.2) is 9.59 Å². The monoisotopic (exact) mass is 392 g/mol. The number of carbonyl (C=O) groups is 2. The Morgan fingerprint density at radius 3 is 2.14 bits per heavy atom. The SMILES string of the molecule is C=C(C)C(=O)OC1CC2CCC1(C)C2(C)C.C=C(C)C(=O)OCC1CCCO1. The van der Waals surface area contributed by atoms with Gasteiger partial charge in [0.15, 0.2) is 0 Å². The molecule has 3 aliphatic rings. The first-order chi connectivity index (χ1) is 13.0. The van der Waals surface area contributed by atoms with Gasteiger partial charge in [-0.1, -0.05) is 33.9 Å². The molecular formula is C23H36O5. The fourth-order valence-corrected chi connectivity index (χ4v) is 4.61. The minimum absolute atomic E-state index is 0.0884. The fraction of sp³-hybridized carbons (Fsp3) is 0.739. The zero-order valence-electron chi connectivity index (χ0n) is 18.1. The Hall–Kier alpha value is -1.62. The zero-order valence-corrected chi connectivity index (χ0v) is 18.1. The molecule has 1 aliphatic heterocycles. The van der Waals surface area contributed by atoms with Crippen LogP contribution in [0.2, 0.25) is 0 Å². The molecule has 0 amide bonds. The molecule has 2 bridgehead atoms. The van der Waals surface area contributed by atoms with Gasteiger partial charge in [0.25, 0.3) is 0 Å². The summed E-state index contributed by atoms with van der Waals surface area (Å²) in [4.78, 5) is 22.5. The molecule has 1 saturated heterocycles. The van der Waals surface area contributed by atoms with E-state index in [2.05, 4.69) is 33.9 Å². The molecule has 5 heteroatoms. The van der Waals surface area contributed by atoms with E-state index in [1.54, 1.807) is 13.8 Å². The van der Waals surface area contributed by atoms with E-state index in [0.717, 1.165) is 25.9 Å². The number of ether oxygens (including phenoxy) is 3. The maximum Gasteiger partial charge on any atom is 0.333 e. The highest BCUT2D eigenvalue weighted by Crippen LogP contribution is 2.66. The third kappa shape index (κ3) is 4.68. The maximum absolute atomic E-state index is 11.6. The number of hydrogen-bond donors (Lipinski definition) is 0. The molecule has 4 unspecified atom stereocenters. The highest BCUT2D eigenvalue weighted by molar-refractivity contribution is 5.87. The summed E-state index contributed by atoms with van der Waals surface area (Å²) in [5, 5.41) is 0. The van der Waals surface area contributed by atoms with Crippen LogP contribution in [0.1, 0.15) is 66.7 Å². The molecule has 2 saturated carbocycles. The number of rotatable bonds is 5. The summed E-state index contributed by atoms with van der Waals surface area (Å²) in [6.45, 7) is 18.5. The first-order valence-corrected chi connectivity index (χ1v) is 10.3. The van der Waals surface area contributed by atoms with Crippen molar-refractivity contribution in [1.82, 2.24) is 0 Å². The van der Waals surface area contributed by atoms with Gasteiger partial charge in [-0.2, -0.15) is 0 Å². The van der Waals surface area contributed by atoms with Gasteiger partial charge in [0, 0.05) is 23.2 Å². The lowest BCUT2D eigenvalue weighted by Crippen LogP contribution is -2.38. The summed E-state index contributed by atoms with van der Waals surface area (Å²) >= 11 is 0. The normalized spacial score (nSPS) is 32.2. The smallest absolute Gasteiger partial charge is 0.333 e. The molecule has 0 aromatic carbocycles.